The van der Waals surface area contributed by atoms with Gasteiger partial charge in [0, 0.05) is 26.2 Å². The predicted molar refractivity (Wildman–Crippen MR) is 106 cm³/mol. The van der Waals surface area contributed by atoms with Crippen LogP contribution < -0.4 is 11.1 Å². The molecule has 0 spiro atoms. The van der Waals surface area contributed by atoms with Gasteiger partial charge in [0.05, 0.1) is 30.6 Å². The minimum Gasteiger partial charge on any atom is -0.379 e. The lowest BCUT2D eigenvalue weighted by atomic mass is 9.97. The third-order valence-corrected chi connectivity index (χ3v) is 7.21. The molecule has 9 nitrogen and oxygen atoms in total. The van der Waals surface area contributed by atoms with Crippen molar-refractivity contribution in [2.45, 2.75) is 24.3 Å². The SMILES string of the molecule is NC(=O)[C@@H]1CCCN(CC(=O)NCc2ccc(S(=O)(=O)N3CCOCC3)cc2)C1. The number of ether oxygens (including phenoxy) is 1. The van der Waals surface area contributed by atoms with E-state index in [1.54, 1.807) is 24.3 Å². The highest BCUT2D eigenvalue weighted by Crippen LogP contribution is 2.18. The van der Waals surface area contributed by atoms with Crippen LogP contribution in [-0.4, -0.2) is 75.4 Å². The third kappa shape index (κ3) is 5.75. The molecule has 0 unspecified atom stereocenters. The molecule has 2 fully saturated rings. The zero-order chi connectivity index (χ0) is 20.9. The van der Waals surface area contributed by atoms with Crippen LogP contribution >= 0.6 is 0 Å². The number of piperidine rings is 1. The zero-order valence-corrected chi connectivity index (χ0v) is 17.2. The van der Waals surface area contributed by atoms with Gasteiger partial charge in [-0.1, -0.05) is 12.1 Å². The lowest BCUT2D eigenvalue weighted by Crippen LogP contribution is -2.45. The Hall–Kier alpha value is -2.01. The molecule has 0 radical (unpaired) electrons. The second kappa shape index (κ2) is 9.66. The number of hydrogen-bond acceptors (Lipinski definition) is 6. The van der Waals surface area contributed by atoms with Gasteiger partial charge in [0.1, 0.15) is 0 Å². The number of carbonyl (C=O) groups excluding carboxylic acids is 2. The maximum atomic E-state index is 12.6. The molecule has 2 aliphatic rings. The number of morpholine rings is 1. The van der Waals surface area contributed by atoms with E-state index in [1.807, 2.05) is 4.90 Å². The fraction of sp³-hybridized carbons (Fsp3) is 0.579. The largest absolute Gasteiger partial charge is 0.379 e. The summed E-state index contributed by atoms with van der Waals surface area (Å²) in [5.41, 5.74) is 6.18. The second-order valence-electron chi connectivity index (χ2n) is 7.41. The topological polar surface area (TPSA) is 122 Å². The smallest absolute Gasteiger partial charge is 0.243 e. The summed E-state index contributed by atoms with van der Waals surface area (Å²) in [6, 6.07) is 6.54. The zero-order valence-electron chi connectivity index (χ0n) is 16.4. The maximum Gasteiger partial charge on any atom is 0.243 e. The molecule has 1 aromatic carbocycles. The summed E-state index contributed by atoms with van der Waals surface area (Å²) in [5, 5.41) is 2.84. The molecule has 2 aliphatic heterocycles. The maximum absolute atomic E-state index is 12.6. The Labute approximate surface area is 171 Å². The molecule has 0 bridgehead atoms. The van der Waals surface area contributed by atoms with Gasteiger partial charge < -0.3 is 15.8 Å². The van der Waals surface area contributed by atoms with Crippen LogP contribution in [0.25, 0.3) is 0 Å². The van der Waals surface area contributed by atoms with Gasteiger partial charge in [-0.3, -0.25) is 14.5 Å². The third-order valence-electron chi connectivity index (χ3n) is 5.30. The number of sulfonamides is 1. The number of amides is 2. The summed E-state index contributed by atoms with van der Waals surface area (Å²) in [6.45, 7) is 3.32. The fourth-order valence-electron chi connectivity index (χ4n) is 3.61. The standard InChI is InChI=1S/C19H28N4O5S/c20-19(25)16-2-1-7-22(13-16)14-18(24)21-12-15-3-5-17(6-4-15)29(26,27)23-8-10-28-11-9-23/h3-6,16H,1-2,7-14H2,(H2,20,25)(H,21,24)/t16-/m1/s1. The first-order chi connectivity index (χ1) is 13.9. The van der Waals surface area contributed by atoms with Crippen molar-refractivity contribution < 1.29 is 22.7 Å². The monoisotopic (exact) mass is 424 g/mol. The molecular formula is C19H28N4O5S. The van der Waals surface area contributed by atoms with Crippen molar-refractivity contribution in [3.63, 3.8) is 0 Å². The predicted octanol–water partition coefficient (Wildman–Crippen LogP) is -0.479. The van der Waals surface area contributed by atoms with Gasteiger partial charge in [-0.05, 0) is 37.1 Å². The van der Waals surface area contributed by atoms with Crippen molar-refractivity contribution >= 4 is 21.8 Å². The molecule has 2 saturated heterocycles. The Balaban J connectivity index is 1.49. The molecule has 0 aromatic heterocycles. The number of nitrogens with two attached hydrogens (primary N) is 1. The van der Waals surface area contributed by atoms with Crippen molar-refractivity contribution in [3.8, 4) is 0 Å². The Morgan fingerprint density at radius 3 is 2.48 bits per heavy atom. The van der Waals surface area contributed by atoms with Gasteiger partial charge in [-0.2, -0.15) is 4.31 Å². The van der Waals surface area contributed by atoms with Crippen molar-refractivity contribution in [1.82, 2.24) is 14.5 Å². The molecule has 1 aromatic rings. The lowest BCUT2D eigenvalue weighted by Gasteiger charge is -2.30. The molecule has 1 atom stereocenters. The first kappa shape index (κ1) is 21.7. The van der Waals surface area contributed by atoms with E-state index in [1.165, 1.54) is 4.31 Å². The molecule has 29 heavy (non-hydrogen) atoms. The molecule has 3 rings (SSSR count). The van der Waals surface area contributed by atoms with Crippen molar-refractivity contribution in [1.29, 1.82) is 0 Å². The highest BCUT2D eigenvalue weighted by molar-refractivity contribution is 7.89. The fourth-order valence-corrected chi connectivity index (χ4v) is 5.01. The Bertz CT molecular complexity index is 822. The molecular weight excluding hydrogens is 396 g/mol. The first-order valence-electron chi connectivity index (χ1n) is 9.81. The Morgan fingerprint density at radius 1 is 1.14 bits per heavy atom. The number of rotatable bonds is 7. The number of hydrogen-bond donors (Lipinski definition) is 2. The average Bonchev–Trinajstić information content (AvgIpc) is 2.73. The van der Waals surface area contributed by atoms with Crippen LogP contribution in [-0.2, 0) is 30.9 Å². The van der Waals surface area contributed by atoms with E-state index in [-0.39, 0.29) is 29.2 Å². The van der Waals surface area contributed by atoms with Crippen LogP contribution in [0.5, 0.6) is 0 Å². The van der Waals surface area contributed by atoms with Gasteiger partial charge in [0.15, 0.2) is 0 Å². The molecule has 160 valence electrons. The summed E-state index contributed by atoms with van der Waals surface area (Å²) in [6.07, 6.45) is 1.62. The number of nitrogens with one attached hydrogen (secondary N) is 1. The van der Waals surface area contributed by atoms with E-state index in [2.05, 4.69) is 5.32 Å². The number of primary amides is 1. The minimum atomic E-state index is -3.52. The molecule has 2 amide bonds. The first-order valence-corrected chi connectivity index (χ1v) is 11.3. The van der Waals surface area contributed by atoms with Gasteiger partial charge >= 0.3 is 0 Å². The van der Waals surface area contributed by atoms with E-state index in [0.29, 0.717) is 39.4 Å². The van der Waals surface area contributed by atoms with E-state index in [9.17, 15) is 18.0 Å². The van der Waals surface area contributed by atoms with Crippen LogP contribution in [0.3, 0.4) is 0 Å². The van der Waals surface area contributed by atoms with Crippen LogP contribution in [0.15, 0.2) is 29.2 Å². The average molecular weight is 425 g/mol. The molecule has 0 aliphatic carbocycles. The van der Waals surface area contributed by atoms with Crippen LogP contribution in [0.4, 0.5) is 0 Å². The summed E-state index contributed by atoms with van der Waals surface area (Å²) >= 11 is 0. The second-order valence-corrected chi connectivity index (χ2v) is 9.35. The van der Waals surface area contributed by atoms with Crippen LogP contribution in [0.1, 0.15) is 18.4 Å². The van der Waals surface area contributed by atoms with Crippen molar-refractivity contribution in [3.05, 3.63) is 29.8 Å². The van der Waals surface area contributed by atoms with E-state index in [4.69, 9.17) is 10.5 Å². The number of likely N-dealkylation sites (tertiary alicyclic amines) is 1. The van der Waals surface area contributed by atoms with Gasteiger partial charge in [0.25, 0.3) is 0 Å². The highest BCUT2D eigenvalue weighted by Gasteiger charge is 2.26. The Morgan fingerprint density at radius 2 is 1.83 bits per heavy atom. The Kier molecular flexibility index (Phi) is 7.23. The summed E-state index contributed by atoms with van der Waals surface area (Å²) in [4.78, 5) is 25.7. The van der Waals surface area contributed by atoms with Crippen LogP contribution in [0, 0.1) is 5.92 Å². The summed E-state index contributed by atoms with van der Waals surface area (Å²) in [7, 11) is -3.52. The van der Waals surface area contributed by atoms with Crippen LogP contribution in [0.2, 0.25) is 0 Å². The number of benzene rings is 1. The molecule has 10 heteroatoms. The number of nitrogens with zero attached hydrogens (tertiary/aromatic N) is 2. The van der Waals surface area contributed by atoms with Gasteiger partial charge in [0.2, 0.25) is 21.8 Å². The van der Waals surface area contributed by atoms with Crippen molar-refractivity contribution in [2.75, 3.05) is 45.9 Å². The summed E-state index contributed by atoms with van der Waals surface area (Å²) in [5.74, 6) is -0.653. The van der Waals surface area contributed by atoms with Crippen molar-refractivity contribution in [2.24, 2.45) is 11.7 Å². The minimum absolute atomic E-state index is 0.139. The van der Waals surface area contributed by atoms with E-state index >= 15 is 0 Å². The molecule has 2 heterocycles. The summed E-state index contributed by atoms with van der Waals surface area (Å²) < 4.78 is 31.9. The normalized spacial score (nSPS) is 21.6. The molecule has 3 N–H and O–H groups in total. The quantitative estimate of drug-likeness (QED) is 0.610. The lowest BCUT2D eigenvalue weighted by molar-refractivity contribution is -0.126. The highest BCUT2D eigenvalue weighted by atomic mass is 32.2. The van der Waals surface area contributed by atoms with E-state index in [0.717, 1.165) is 24.9 Å². The van der Waals surface area contributed by atoms with Gasteiger partial charge in [-0.25, -0.2) is 8.42 Å². The van der Waals surface area contributed by atoms with E-state index < -0.39 is 10.0 Å². The van der Waals surface area contributed by atoms with Gasteiger partial charge in [-0.15, -0.1) is 0 Å². The molecule has 0 saturated carbocycles. The number of carbonyl (C=O) groups is 2.